The summed E-state index contributed by atoms with van der Waals surface area (Å²) in [5, 5.41) is 3.38. The SMILES string of the molecule is CCNC(=NCCc1ccc(F)cc1)N1CCN(C(C)C(=O)N2CCCC2)CC1.I. The Morgan fingerprint density at radius 1 is 1.07 bits per heavy atom. The second-order valence-corrected chi connectivity index (χ2v) is 7.84. The van der Waals surface area contributed by atoms with Gasteiger partial charge in [0.15, 0.2) is 5.96 Å². The molecule has 2 heterocycles. The Labute approximate surface area is 196 Å². The van der Waals surface area contributed by atoms with Crippen LogP contribution in [0.2, 0.25) is 0 Å². The highest BCUT2D eigenvalue weighted by atomic mass is 127. The molecule has 0 saturated carbocycles. The minimum absolute atomic E-state index is 0. The van der Waals surface area contributed by atoms with Gasteiger partial charge < -0.3 is 15.1 Å². The summed E-state index contributed by atoms with van der Waals surface area (Å²) < 4.78 is 13.0. The van der Waals surface area contributed by atoms with Crippen LogP contribution in [0.1, 0.15) is 32.3 Å². The van der Waals surface area contributed by atoms with Gasteiger partial charge in [0, 0.05) is 52.4 Å². The third-order valence-corrected chi connectivity index (χ3v) is 5.85. The standard InChI is InChI=1S/C22H34FN5O.HI/c1-3-24-22(25-11-10-19-6-8-20(23)9-7-19)28-16-14-26(15-17-28)18(2)21(29)27-12-4-5-13-27;/h6-9,18H,3-5,10-17H2,1-2H3,(H,24,25);1H. The molecule has 0 spiro atoms. The number of nitrogens with zero attached hydrogens (tertiary/aromatic N) is 4. The van der Waals surface area contributed by atoms with Gasteiger partial charge >= 0.3 is 0 Å². The third kappa shape index (κ3) is 6.80. The van der Waals surface area contributed by atoms with Crippen LogP contribution in [0.3, 0.4) is 0 Å². The lowest BCUT2D eigenvalue weighted by atomic mass is 10.1. The van der Waals surface area contributed by atoms with Crippen molar-refractivity contribution in [3.05, 3.63) is 35.6 Å². The maximum Gasteiger partial charge on any atom is 0.239 e. The van der Waals surface area contributed by atoms with Gasteiger partial charge in [-0.05, 0) is 50.8 Å². The van der Waals surface area contributed by atoms with Crippen molar-refractivity contribution in [2.45, 2.75) is 39.2 Å². The van der Waals surface area contributed by atoms with Crippen LogP contribution in [-0.4, -0.2) is 85.0 Å². The Hall–Kier alpha value is -1.42. The summed E-state index contributed by atoms with van der Waals surface area (Å²) >= 11 is 0. The van der Waals surface area contributed by atoms with Crippen molar-refractivity contribution >= 4 is 35.8 Å². The van der Waals surface area contributed by atoms with E-state index in [1.54, 1.807) is 0 Å². The minimum Gasteiger partial charge on any atom is -0.357 e. The highest BCUT2D eigenvalue weighted by Crippen LogP contribution is 2.14. The zero-order chi connectivity index (χ0) is 20.6. The van der Waals surface area contributed by atoms with Crippen molar-refractivity contribution in [1.29, 1.82) is 0 Å². The molecule has 1 unspecified atom stereocenters. The number of benzene rings is 1. The molecule has 2 aliphatic rings. The summed E-state index contributed by atoms with van der Waals surface area (Å²) in [6.45, 7) is 10.9. The molecule has 3 rings (SSSR count). The molecule has 1 atom stereocenters. The number of amides is 1. The van der Waals surface area contributed by atoms with Gasteiger partial charge in [0.25, 0.3) is 0 Å². The second kappa shape index (κ2) is 12.4. The van der Waals surface area contributed by atoms with Gasteiger partial charge in [0.1, 0.15) is 5.82 Å². The molecule has 1 aromatic carbocycles. The summed E-state index contributed by atoms with van der Waals surface area (Å²) in [6.07, 6.45) is 3.05. The maximum atomic E-state index is 13.0. The number of aliphatic imine (C=N–C) groups is 1. The van der Waals surface area contributed by atoms with Crippen molar-refractivity contribution in [3.8, 4) is 0 Å². The fourth-order valence-electron chi connectivity index (χ4n) is 4.05. The zero-order valence-corrected chi connectivity index (χ0v) is 20.5. The number of hydrogen-bond donors (Lipinski definition) is 1. The van der Waals surface area contributed by atoms with Gasteiger partial charge in [-0.25, -0.2) is 4.39 Å². The average Bonchev–Trinajstić information content (AvgIpc) is 3.28. The number of piperazine rings is 1. The van der Waals surface area contributed by atoms with E-state index >= 15 is 0 Å². The van der Waals surface area contributed by atoms with Crippen molar-refractivity contribution < 1.29 is 9.18 Å². The number of carbonyl (C=O) groups excluding carboxylic acids is 1. The van der Waals surface area contributed by atoms with Gasteiger partial charge in [0.2, 0.25) is 5.91 Å². The molecule has 0 bridgehead atoms. The van der Waals surface area contributed by atoms with Crippen LogP contribution >= 0.6 is 24.0 Å². The Balaban J connectivity index is 0.00000320. The number of carbonyl (C=O) groups is 1. The fourth-order valence-corrected chi connectivity index (χ4v) is 4.05. The summed E-state index contributed by atoms with van der Waals surface area (Å²) in [6, 6.07) is 6.57. The van der Waals surface area contributed by atoms with Crippen LogP contribution < -0.4 is 5.32 Å². The molecule has 1 amide bonds. The molecule has 6 nitrogen and oxygen atoms in total. The minimum atomic E-state index is -0.207. The predicted molar refractivity (Wildman–Crippen MR) is 130 cm³/mol. The first-order valence-corrected chi connectivity index (χ1v) is 10.9. The van der Waals surface area contributed by atoms with E-state index in [-0.39, 0.29) is 41.7 Å². The third-order valence-electron chi connectivity index (χ3n) is 5.85. The van der Waals surface area contributed by atoms with Crippen molar-refractivity contribution in [2.75, 3.05) is 52.4 Å². The van der Waals surface area contributed by atoms with Crippen LogP contribution in [0.5, 0.6) is 0 Å². The van der Waals surface area contributed by atoms with Gasteiger partial charge in [-0.2, -0.15) is 0 Å². The molecule has 2 saturated heterocycles. The monoisotopic (exact) mass is 531 g/mol. The maximum absolute atomic E-state index is 13.0. The largest absolute Gasteiger partial charge is 0.357 e. The van der Waals surface area contributed by atoms with E-state index in [1.165, 1.54) is 12.1 Å². The first-order valence-electron chi connectivity index (χ1n) is 10.9. The van der Waals surface area contributed by atoms with Crippen molar-refractivity contribution in [3.63, 3.8) is 0 Å². The molecule has 8 heteroatoms. The summed E-state index contributed by atoms with van der Waals surface area (Å²) in [5.74, 6) is 0.990. The van der Waals surface area contributed by atoms with Gasteiger partial charge in [0.05, 0.1) is 6.04 Å². The quantitative estimate of drug-likeness (QED) is 0.349. The predicted octanol–water partition coefficient (Wildman–Crippen LogP) is 2.58. The molecule has 0 aliphatic carbocycles. The Morgan fingerprint density at radius 2 is 1.70 bits per heavy atom. The molecular weight excluding hydrogens is 496 g/mol. The Morgan fingerprint density at radius 3 is 2.30 bits per heavy atom. The molecule has 2 aliphatic heterocycles. The summed E-state index contributed by atoms with van der Waals surface area (Å²) in [7, 11) is 0. The normalized spacial score (nSPS) is 18.8. The molecular formula is C22H35FIN5O. The van der Waals surface area contributed by atoms with E-state index in [1.807, 2.05) is 24.0 Å². The number of rotatable bonds is 6. The number of halogens is 2. The number of nitrogens with one attached hydrogen (secondary N) is 1. The molecule has 2 fully saturated rings. The van der Waals surface area contributed by atoms with E-state index in [0.717, 1.165) is 76.6 Å². The van der Waals surface area contributed by atoms with Crippen LogP contribution in [-0.2, 0) is 11.2 Å². The number of likely N-dealkylation sites (tertiary alicyclic amines) is 1. The molecule has 168 valence electrons. The van der Waals surface area contributed by atoms with Crippen LogP contribution in [0, 0.1) is 5.82 Å². The molecule has 1 N–H and O–H groups in total. The highest BCUT2D eigenvalue weighted by molar-refractivity contribution is 14.0. The average molecular weight is 531 g/mol. The molecule has 0 radical (unpaired) electrons. The number of hydrogen-bond acceptors (Lipinski definition) is 3. The summed E-state index contributed by atoms with van der Waals surface area (Å²) in [5.41, 5.74) is 1.09. The molecule has 30 heavy (non-hydrogen) atoms. The van der Waals surface area contributed by atoms with Crippen LogP contribution in [0.25, 0.3) is 0 Å². The van der Waals surface area contributed by atoms with E-state index in [4.69, 9.17) is 4.99 Å². The van der Waals surface area contributed by atoms with Gasteiger partial charge in [-0.3, -0.25) is 14.7 Å². The fraction of sp³-hybridized carbons (Fsp3) is 0.636. The Kier molecular flexibility index (Phi) is 10.3. The first kappa shape index (κ1) is 24.8. The van der Waals surface area contributed by atoms with Crippen molar-refractivity contribution in [2.24, 2.45) is 4.99 Å². The number of guanidine groups is 1. The van der Waals surface area contributed by atoms with E-state index in [9.17, 15) is 9.18 Å². The van der Waals surface area contributed by atoms with Gasteiger partial charge in [-0.15, -0.1) is 24.0 Å². The highest BCUT2D eigenvalue weighted by Gasteiger charge is 2.30. The second-order valence-electron chi connectivity index (χ2n) is 7.84. The molecule has 0 aromatic heterocycles. The lowest BCUT2D eigenvalue weighted by Crippen LogP contribution is -2.57. The van der Waals surface area contributed by atoms with E-state index < -0.39 is 0 Å². The van der Waals surface area contributed by atoms with E-state index in [0.29, 0.717) is 6.54 Å². The van der Waals surface area contributed by atoms with Gasteiger partial charge in [-0.1, -0.05) is 12.1 Å². The lowest BCUT2D eigenvalue weighted by Gasteiger charge is -2.39. The smallest absolute Gasteiger partial charge is 0.239 e. The summed E-state index contributed by atoms with van der Waals surface area (Å²) in [4.78, 5) is 24.0. The Bertz CT molecular complexity index is 685. The molecule has 1 aromatic rings. The van der Waals surface area contributed by atoms with Crippen LogP contribution in [0.15, 0.2) is 29.3 Å². The zero-order valence-electron chi connectivity index (χ0n) is 18.1. The van der Waals surface area contributed by atoms with Crippen molar-refractivity contribution in [1.82, 2.24) is 20.0 Å². The lowest BCUT2D eigenvalue weighted by molar-refractivity contribution is -0.135. The topological polar surface area (TPSA) is 51.2 Å². The van der Waals surface area contributed by atoms with E-state index in [2.05, 4.69) is 22.0 Å². The van der Waals surface area contributed by atoms with Crippen LogP contribution in [0.4, 0.5) is 4.39 Å². The first-order chi connectivity index (χ1) is 14.1.